The topological polar surface area (TPSA) is 99.1 Å². The lowest BCUT2D eigenvalue weighted by atomic mass is 9.64. The maximum absolute atomic E-state index is 12.3. The van der Waals surface area contributed by atoms with E-state index in [1.165, 1.54) is 6.07 Å². The SMILES string of the molecule is CCCCC(=O)C[C@H]1Cc2cccc(C(=O)OCOC(=O)C(C)C)c2OB1O. The summed E-state index contributed by atoms with van der Waals surface area (Å²) in [6, 6.07) is 5.00. The van der Waals surface area contributed by atoms with Gasteiger partial charge in [0.05, 0.1) is 5.92 Å². The Morgan fingerprint density at radius 1 is 1.29 bits per heavy atom. The van der Waals surface area contributed by atoms with Gasteiger partial charge < -0.3 is 19.2 Å². The van der Waals surface area contributed by atoms with Crippen LogP contribution in [0.4, 0.5) is 0 Å². The van der Waals surface area contributed by atoms with Gasteiger partial charge in [-0.1, -0.05) is 39.3 Å². The maximum Gasteiger partial charge on any atom is 0.526 e. The molecule has 0 unspecified atom stereocenters. The van der Waals surface area contributed by atoms with Crippen LogP contribution < -0.4 is 4.65 Å². The second-order valence-electron chi connectivity index (χ2n) is 7.28. The van der Waals surface area contributed by atoms with Crippen molar-refractivity contribution in [1.29, 1.82) is 0 Å². The predicted molar refractivity (Wildman–Crippen MR) is 103 cm³/mol. The predicted octanol–water partition coefficient (Wildman–Crippen LogP) is 2.94. The Hall–Kier alpha value is -2.35. The van der Waals surface area contributed by atoms with Gasteiger partial charge in [0.15, 0.2) is 0 Å². The van der Waals surface area contributed by atoms with E-state index < -0.39 is 25.8 Å². The molecular formula is C20H27BO7. The molecule has 1 atom stereocenters. The minimum atomic E-state index is -1.18. The molecule has 0 aliphatic carbocycles. The third kappa shape index (κ3) is 5.82. The Labute approximate surface area is 165 Å². The van der Waals surface area contributed by atoms with Crippen molar-refractivity contribution in [1.82, 2.24) is 0 Å². The van der Waals surface area contributed by atoms with Crippen LogP contribution in [0.15, 0.2) is 18.2 Å². The molecule has 1 aliphatic rings. The Morgan fingerprint density at radius 2 is 2.04 bits per heavy atom. The standard InChI is InChI=1S/C20H27BO7/c1-4-5-8-16(22)11-15-10-14-7-6-9-17(18(14)28-21(15)25)20(24)27-12-26-19(23)13(2)3/h6-7,9,13,15,25H,4-5,8,10-12H2,1-3H3/t15-/m1/s1. The fraction of sp³-hybridized carbons (Fsp3) is 0.550. The van der Waals surface area contributed by atoms with E-state index in [-0.39, 0.29) is 35.3 Å². The van der Waals surface area contributed by atoms with Gasteiger partial charge in [-0.25, -0.2) is 4.79 Å². The number of hydrogen-bond acceptors (Lipinski definition) is 7. The van der Waals surface area contributed by atoms with Crippen LogP contribution in [-0.2, 0) is 25.5 Å². The fourth-order valence-electron chi connectivity index (χ4n) is 2.97. The Balaban J connectivity index is 2.02. The quantitative estimate of drug-likeness (QED) is 0.393. The highest BCUT2D eigenvalue weighted by molar-refractivity contribution is 6.47. The van der Waals surface area contributed by atoms with Crippen molar-refractivity contribution >= 4 is 24.8 Å². The zero-order valence-electron chi connectivity index (χ0n) is 16.6. The zero-order chi connectivity index (χ0) is 20.7. The average molecular weight is 390 g/mol. The van der Waals surface area contributed by atoms with E-state index in [0.29, 0.717) is 12.8 Å². The van der Waals surface area contributed by atoms with Crippen LogP contribution in [0.2, 0.25) is 5.82 Å². The third-order valence-electron chi connectivity index (χ3n) is 4.60. The van der Waals surface area contributed by atoms with E-state index in [4.69, 9.17) is 14.1 Å². The summed E-state index contributed by atoms with van der Waals surface area (Å²) in [7, 11) is -1.18. The summed E-state index contributed by atoms with van der Waals surface area (Å²) >= 11 is 0. The molecule has 1 aliphatic heterocycles. The molecule has 0 saturated heterocycles. The number of carbonyl (C=O) groups is 3. The molecule has 0 bridgehead atoms. The van der Waals surface area contributed by atoms with Crippen LogP contribution in [0.1, 0.15) is 62.4 Å². The van der Waals surface area contributed by atoms with Crippen molar-refractivity contribution in [3.63, 3.8) is 0 Å². The summed E-state index contributed by atoms with van der Waals surface area (Å²) in [5.74, 6) is -1.51. The monoisotopic (exact) mass is 390 g/mol. The Bertz CT molecular complexity index is 717. The first kappa shape index (κ1) is 21.9. The summed E-state index contributed by atoms with van der Waals surface area (Å²) < 4.78 is 15.4. The molecule has 0 radical (unpaired) electrons. The van der Waals surface area contributed by atoms with Crippen LogP contribution in [0.25, 0.3) is 0 Å². The molecule has 28 heavy (non-hydrogen) atoms. The van der Waals surface area contributed by atoms with Gasteiger partial charge in [-0.15, -0.1) is 0 Å². The normalized spacial score (nSPS) is 15.6. The van der Waals surface area contributed by atoms with Gasteiger partial charge in [-0.05, 0) is 24.5 Å². The molecule has 1 aromatic rings. The first-order valence-electron chi connectivity index (χ1n) is 9.65. The van der Waals surface area contributed by atoms with Gasteiger partial charge >= 0.3 is 19.1 Å². The van der Waals surface area contributed by atoms with Crippen molar-refractivity contribution in [2.75, 3.05) is 6.79 Å². The van der Waals surface area contributed by atoms with Gasteiger partial charge in [0, 0.05) is 18.7 Å². The maximum atomic E-state index is 12.3. The Kier molecular flexibility index (Phi) is 8.05. The zero-order valence-corrected chi connectivity index (χ0v) is 16.6. The smallest absolute Gasteiger partial charge is 0.526 e. The second kappa shape index (κ2) is 10.3. The summed E-state index contributed by atoms with van der Waals surface area (Å²) in [4.78, 5) is 35.8. The lowest BCUT2D eigenvalue weighted by Gasteiger charge is -2.28. The molecule has 7 nitrogen and oxygen atoms in total. The average Bonchev–Trinajstić information content (AvgIpc) is 2.66. The number of rotatable bonds is 9. The van der Waals surface area contributed by atoms with Crippen molar-refractivity contribution in [2.24, 2.45) is 5.92 Å². The van der Waals surface area contributed by atoms with E-state index in [1.54, 1.807) is 26.0 Å². The van der Waals surface area contributed by atoms with Gasteiger partial charge in [0.1, 0.15) is 17.1 Å². The summed E-state index contributed by atoms with van der Waals surface area (Å²) in [5, 5.41) is 10.3. The van der Waals surface area contributed by atoms with Crippen LogP contribution in [0.5, 0.6) is 5.75 Å². The lowest BCUT2D eigenvalue weighted by molar-refractivity contribution is -0.155. The van der Waals surface area contributed by atoms with E-state index in [0.717, 1.165) is 18.4 Å². The largest absolute Gasteiger partial charge is 0.535 e. The van der Waals surface area contributed by atoms with Crippen LogP contribution in [0.3, 0.4) is 0 Å². The number of benzene rings is 1. The number of ketones is 1. The molecule has 0 amide bonds. The van der Waals surface area contributed by atoms with Crippen LogP contribution >= 0.6 is 0 Å². The van der Waals surface area contributed by atoms with Gasteiger partial charge in [0.25, 0.3) is 0 Å². The lowest BCUT2D eigenvalue weighted by Crippen LogP contribution is -2.36. The molecule has 0 saturated carbocycles. The molecule has 8 heteroatoms. The first-order valence-corrected chi connectivity index (χ1v) is 9.65. The highest BCUT2D eigenvalue weighted by Crippen LogP contribution is 2.36. The number of ether oxygens (including phenoxy) is 2. The molecule has 1 aromatic carbocycles. The van der Waals surface area contributed by atoms with Crippen molar-refractivity contribution in [2.45, 2.75) is 58.7 Å². The molecule has 2 rings (SSSR count). The molecular weight excluding hydrogens is 363 g/mol. The molecule has 1 N–H and O–H groups in total. The van der Waals surface area contributed by atoms with Gasteiger partial charge in [-0.2, -0.15) is 0 Å². The van der Waals surface area contributed by atoms with Crippen molar-refractivity contribution in [3.8, 4) is 5.75 Å². The number of Topliss-reactive ketones (excluding diaryl/α,β-unsaturated/α-hetero) is 1. The molecule has 0 fully saturated rings. The summed E-state index contributed by atoms with van der Waals surface area (Å²) in [5.41, 5.74) is 0.875. The minimum Gasteiger partial charge on any atom is -0.535 e. The highest BCUT2D eigenvalue weighted by Gasteiger charge is 2.37. The molecule has 0 spiro atoms. The number of fused-ring (bicyclic) bond motifs is 1. The number of para-hydroxylation sites is 1. The highest BCUT2D eigenvalue weighted by atomic mass is 16.7. The number of carbonyl (C=O) groups excluding carboxylic acids is 3. The van der Waals surface area contributed by atoms with Crippen LogP contribution in [-0.4, -0.2) is 36.7 Å². The van der Waals surface area contributed by atoms with Crippen molar-refractivity contribution < 1.29 is 33.5 Å². The molecule has 0 aromatic heterocycles. The van der Waals surface area contributed by atoms with E-state index in [2.05, 4.69) is 0 Å². The molecule has 152 valence electrons. The molecule has 1 heterocycles. The fourth-order valence-corrected chi connectivity index (χ4v) is 2.97. The van der Waals surface area contributed by atoms with E-state index >= 15 is 0 Å². The summed E-state index contributed by atoms with van der Waals surface area (Å²) in [6.07, 6.45) is 2.93. The van der Waals surface area contributed by atoms with E-state index in [9.17, 15) is 19.4 Å². The van der Waals surface area contributed by atoms with Gasteiger partial charge in [-0.3, -0.25) is 9.59 Å². The van der Waals surface area contributed by atoms with Crippen LogP contribution in [0, 0.1) is 5.92 Å². The number of unbranched alkanes of at least 4 members (excludes halogenated alkanes) is 1. The number of hydrogen-bond donors (Lipinski definition) is 1. The van der Waals surface area contributed by atoms with Gasteiger partial charge in [0.2, 0.25) is 6.79 Å². The third-order valence-corrected chi connectivity index (χ3v) is 4.60. The summed E-state index contributed by atoms with van der Waals surface area (Å²) in [6.45, 7) is 4.88. The second-order valence-corrected chi connectivity index (χ2v) is 7.28. The van der Waals surface area contributed by atoms with Crippen molar-refractivity contribution in [3.05, 3.63) is 29.3 Å². The van der Waals surface area contributed by atoms with E-state index in [1.807, 2.05) is 6.92 Å². The number of esters is 2. The first-order chi connectivity index (χ1) is 13.3. The Morgan fingerprint density at radius 3 is 2.71 bits per heavy atom. The minimum absolute atomic E-state index is 0.0977.